The van der Waals surface area contributed by atoms with Crippen molar-refractivity contribution in [1.29, 1.82) is 0 Å². The maximum Gasteiger partial charge on any atom is 0.163 e. The molecule has 0 bridgehead atoms. The molecule has 0 aliphatic carbocycles. The molecule has 2 rings (SSSR count). The lowest BCUT2D eigenvalue weighted by molar-refractivity contribution is 0.483. The summed E-state index contributed by atoms with van der Waals surface area (Å²) in [5.41, 5.74) is 5.66. The van der Waals surface area contributed by atoms with Crippen molar-refractivity contribution in [3.8, 4) is 0 Å². The van der Waals surface area contributed by atoms with Gasteiger partial charge >= 0.3 is 0 Å². The molecule has 19 heavy (non-hydrogen) atoms. The third-order valence-corrected chi connectivity index (χ3v) is 3.04. The van der Waals surface area contributed by atoms with Crippen LogP contribution in [0.3, 0.4) is 0 Å². The summed E-state index contributed by atoms with van der Waals surface area (Å²) < 4.78 is 27.2. The van der Waals surface area contributed by atoms with Crippen LogP contribution in [0, 0.1) is 25.5 Å². The van der Waals surface area contributed by atoms with E-state index >= 15 is 0 Å². The molecule has 0 aliphatic heterocycles. The van der Waals surface area contributed by atoms with Gasteiger partial charge in [0.1, 0.15) is 0 Å². The van der Waals surface area contributed by atoms with Crippen molar-refractivity contribution in [3.05, 3.63) is 70.3 Å². The minimum atomic E-state index is -0.873. The number of hydrazine groups is 1. The Bertz CT molecular complexity index is 576. The van der Waals surface area contributed by atoms with E-state index in [1.807, 2.05) is 32.0 Å². The molecule has 2 nitrogen and oxygen atoms in total. The molecule has 0 heterocycles. The molecular weight excluding hydrogens is 246 g/mol. The summed E-state index contributed by atoms with van der Waals surface area (Å²) in [6.45, 7) is 3.90. The SMILES string of the molecule is Cc1cc(C)cc(C(NN)c2cccc(F)c2F)c1. The number of benzene rings is 2. The maximum atomic E-state index is 13.9. The van der Waals surface area contributed by atoms with Crippen LogP contribution in [0.4, 0.5) is 8.78 Å². The zero-order valence-electron chi connectivity index (χ0n) is 10.9. The third-order valence-electron chi connectivity index (χ3n) is 3.04. The maximum absolute atomic E-state index is 13.9. The van der Waals surface area contributed by atoms with Crippen LogP contribution < -0.4 is 11.3 Å². The van der Waals surface area contributed by atoms with E-state index in [1.54, 1.807) is 0 Å². The molecule has 0 aromatic heterocycles. The minimum absolute atomic E-state index is 0.201. The quantitative estimate of drug-likeness (QED) is 0.658. The van der Waals surface area contributed by atoms with Gasteiger partial charge in [0.25, 0.3) is 0 Å². The van der Waals surface area contributed by atoms with Crippen LogP contribution in [0.5, 0.6) is 0 Å². The molecule has 0 spiro atoms. The molecule has 0 radical (unpaired) electrons. The van der Waals surface area contributed by atoms with Gasteiger partial charge in [-0.25, -0.2) is 14.2 Å². The van der Waals surface area contributed by atoms with Gasteiger partial charge in [-0.1, -0.05) is 41.5 Å². The predicted molar refractivity (Wildman–Crippen MR) is 71.4 cm³/mol. The summed E-state index contributed by atoms with van der Waals surface area (Å²) >= 11 is 0. The highest BCUT2D eigenvalue weighted by Crippen LogP contribution is 2.26. The van der Waals surface area contributed by atoms with Crippen molar-refractivity contribution in [3.63, 3.8) is 0 Å². The summed E-state index contributed by atoms with van der Waals surface area (Å²) in [5.74, 6) is 3.77. The molecule has 0 aliphatic rings. The summed E-state index contributed by atoms with van der Waals surface area (Å²) in [6, 6.07) is 9.34. The Balaban J connectivity index is 2.53. The van der Waals surface area contributed by atoms with Gasteiger partial charge < -0.3 is 0 Å². The Morgan fingerprint density at radius 2 is 1.68 bits per heavy atom. The van der Waals surface area contributed by atoms with Crippen LogP contribution in [-0.2, 0) is 0 Å². The number of nitrogens with one attached hydrogen (secondary N) is 1. The molecule has 0 saturated heterocycles. The van der Waals surface area contributed by atoms with Gasteiger partial charge in [0.2, 0.25) is 0 Å². The lowest BCUT2D eigenvalue weighted by atomic mass is 9.95. The Morgan fingerprint density at radius 3 is 2.26 bits per heavy atom. The highest BCUT2D eigenvalue weighted by atomic mass is 19.2. The van der Waals surface area contributed by atoms with E-state index in [0.717, 1.165) is 22.8 Å². The minimum Gasteiger partial charge on any atom is -0.271 e. The van der Waals surface area contributed by atoms with E-state index in [-0.39, 0.29) is 5.56 Å². The molecule has 2 aromatic carbocycles. The average molecular weight is 262 g/mol. The number of aryl methyl sites for hydroxylation is 2. The molecule has 0 saturated carbocycles. The molecule has 4 heteroatoms. The summed E-state index contributed by atoms with van der Waals surface area (Å²) in [4.78, 5) is 0. The molecule has 0 amide bonds. The van der Waals surface area contributed by atoms with Gasteiger partial charge in [-0.05, 0) is 25.5 Å². The van der Waals surface area contributed by atoms with Crippen molar-refractivity contribution in [1.82, 2.24) is 5.43 Å². The first-order valence-electron chi connectivity index (χ1n) is 6.01. The number of nitrogens with two attached hydrogens (primary N) is 1. The standard InChI is InChI=1S/C15H16F2N2/c1-9-6-10(2)8-11(7-9)15(19-18)12-4-3-5-13(16)14(12)17/h3-8,15,19H,18H2,1-2H3. The Kier molecular flexibility index (Phi) is 3.93. The second kappa shape index (κ2) is 5.47. The van der Waals surface area contributed by atoms with Gasteiger partial charge in [0, 0.05) is 5.56 Å². The van der Waals surface area contributed by atoms with E-state index < -0.39 is 17.7 Å². The van der Waals surface area contributed by atoms with Crippen molar-refractivity contribution in [2.45, 2.75) is 19.9 Å². The summed E-state index contributed by atoms with van der Waals surface area (Å²) in [5, 5.41) is 0. The first-order chi connectivity index (χ1) is 9.02. The van der Waals surface area contributed by atoms with Crippen molar-refractivity contribution < 1.29 is 8.78 Å². The Hall–Kier alpha value is -1.78. The second-order valence-corrected chi connectivity index (χ2v) is 4.66. The fourth-order valence-corrected chi connectivity index (χ4v) is 2.29. The monoisotopic (exact) mass is 262 g/mol. The van der Waals surface area contributed by atoms with Crippen molar-refractivity contribution >= 4 is 0 Å². The number of hydrogen-bond acceptors (Lipinski definition) is 2. The number of halogens is 2. The highest BCUT2D eigenvalue weighted by molar-refractivity contribution is 5.37. The zero-order chi connectivity index (χ0) is 14.0. The van der Waals surface area contributed by atoms with E-state index in [1.165, 1.54) is 12.1 Å². The summed E-state index contributed by atoms with van der Waals surface area (Å²) in [6.07, 6.45) is 0. The summed E-state index contributed by atoms with van der Waals surface area (Å²) in [7, 11) is 0. The fraction of sp³-hybridized carbons (Fsp3) is 0.200. The van der Waals surface area contributed by atoms with Gasteiger partial charge in [-0.3, -0.25) is 5.84 Å². The molecule has 1 atom stereocenters. The second-order valence-electron chi connectivity index (χ2n) is 4.66. The topological polar surface area (TPSA) is 38.0 Å². The van der Waals surface area contributed by atoms with E-state index in [2.05, 4.69) is 5.43 Å². The molecule has 2 aromatic rings. The van der Waals surface area contributed by atoms with Crippen LogP contribution in [0.15, 0.2) is 36.4 Å². The van der Waals surface area contributed by atoms with Gasteiger partial charge in [-0.15, -0.1) is 0 Å². The average Bonchev–Trinajstić information content (AvgIpc) is 2.34. The lowest BCUT2D eigenvalue weighted by Gasteiger charge is -2.19. The molecule has 100 valence electrons. The van der Waals surface area contributed by atoms with Gasteiger partial charge in [0.05, 0.1) is 6.04 Å². The van der Waals surface area contributed by atoms with Crippen LogP contribution in [0.25, 0.3) is 0 Å². The van der Waals surface area contributed by atoms with Crippen LogP contribution in [-0.4, -0.2) is 0 Å². The van der Waals surface area contributed by atoms with E-state index in [4.69, 9.17) is 5.84 Å². The highest BCUT2D eigenvalue weighted by Gasteiger charge is 2.19. The van der Waals surface area contributed by atoms with Crippen LogP contribution in [0.1, 0.15) is 28.3 Å². The first-order valence-corrected chi connectivity index (χ1v) is 6.01. The van der Waals surface area contributed by atoms with E-state index in [0.29, 0.717) is 0 Å². The van der Waals surface area contributed by atoms with Gasteiger partial charge in [0.15, 0.2) is 11.6 Å². The van der Waals surface area contributed by atoms with Crippen LogP contribution in [0.2, 0.25) is 0 Å². The van der Waals surface area contributed by atoms with Gasteiger partial charge in [-0.2, -0.15) is 0 Å². The van der Waals surface area contributed by atoms with Crippen molar-refractivity contribution in [2.24, 2.45) is 5.84 Å². The molecule has 1 unspecified atom stereocenters. The molecular formula is C15H16F2N2. The zero-order valence-corrected chi connectivity index (χ0v) is 10.9. The Labute approximate surface area is 111 Å². The fourth-order valence-electron chi connectivity index (χ4n) is 2.29. The number of rotatable bonds is 3. The lowest BCUT2D eigenvalue weighted by Crippen LogP contribution is -2.29. The Morgan fingerprint density at radius 1 is 1.05 bits per heavy atom. The normalized spacial score (nSPS) is 12.5. The largest absolute Gasteiger partial charge is 0.271 e. The predicted octanol–water partition coefficient (Wildman–Crippen LogP) is 3.13. The van der Waals surface area contributed by atoms with Crippen LogP contribution >= 0.6 is 0 Å². The third kappa shape index (κ3) is 2.80. The smallest absolute Gasteiger partial charge is 0.163 e. The number of hydrogen-bond donors (Lipinski definition) is 2. The van der Waals surface area contributed by atoms with Crippen molar-refractivity contribution in [2.75, 3.05) is 0 Å². The molecule has 3 N–H and O–H groups in total. The molecule has 0 fully saturated rings. The van der Waals surface area contributed by atoms with E-state index in [9.17, 15) is 8.78 Å². The first kappa shape index (κ1) is 13.6.